The predicted molar refractivity (Wildman–Crippen MR) is 94.0 cm³/mol. The molecular weight excluding hydrogens is 351 g/mol. The van der Waals surface area contributed by atoms with Crippen LogP contribution >= 0.6 is 18.9 Å². The van der Waals surface area contributed by atoms with E-state index in [1.54, 1.807) is 32.2 Å². The van der Waals surface area contributed by atoms with Crippen LogP contribution in [0.2, 0.25) is 0 Å². The van der Waals surface area contributed by atoms with Crippen molar-refractivity contribution in [3.63, 3.8) is 0 Å². The lowest BCUT2D eigenvalue weighted by atomic mass is 10.2. The second-order valence-corrected chi connectivity index (χ2v) is 7.70. The maximum Gasteiger partial charge on any atom is 0.357 e. The minimum atomic E-state index is -3.52. The molecule has 0 bridgehead atoms. The summed E-state index contributed by atoms with van der Waals surface area (Å²) in [5.74, 6) is -0.507. The van der Waals surface area contributed by atoms with Crippen molar-refractivity contribution in [3.05, 3.63) is 35.3 Å². The zero-order chi connectivity index (χ0) is 17.6. The van der Waals surface area contributed by atoms with Crippen molar-refractivity contribution in [1.29, 1.82) is 0 Å². The molecule has 0 aliphatic heterocycles. The maximum absolute atomic E-state index is 13.3. The monoisotopic (exact) mass is 372 g/mol. The molecule has 1 heterocycles. The standard InChI is InChI=1S/C15H21N2O5PS/c1-4-21-23(19,22-5-2)14(17-15-16-8-9-24-15)11-6-7-12(18)13(10-11)20-3/h6-10,14,18H,4-5H2,1-3H3,(H,16,17). The number of phenols is 1. The molecule has 1 aromatic heterocycles. The van der Waals surface area contributed by atoms with Gasteiger partial charge in [-0.15, -0.1) is 11.3 Å². The van der Waals surface area contributed by atoms with Crippen molar-refractivity contribution in [2.24, 2.45) is 0 Å². The number of phenolic OH excluding ortho intramolecular Hbond substituents is 1. The second-order valence-electron chi connectivity index (χ2n) is 4.69. The molecule has 7 nitrogen and oxygen atoms in total. The van der Waals surface area contributed by atoms with Gasteiger partial charge in [0.2, 0.25) is 0 Å². The van der Waals surface area contributed by atoms with E-state index in [1.807, 2.05) is 5.38 Å². The molecule has 9 heteroatoms. The van der Waals surface area contributed by atoms with Gasteiger partial charge in [-0.2, -0.15) is 0 Å². The highest BCUT2D eigenvalue weighted by Crippen LogP contribution is 2.61. The van der Waals surface area contributed by atoms with Crippen LogP contribution in [0.1, 0.15) is 25.2 Å². The Bertz CT molecular complexity index is 685. The number of nitrogens with one attached hydrogen (secondary N) is 1. The SMILES string of the molecule is CCOP(=O)(OCC)C(Nc1nccs1)c1ccc(O)c(OC)c1. The Balaban J connectivity index is 2.47. The fourth-order valence-corrected chi connectivity index (χ4v) is 4.71. The van der Waals surface area contributed by atoms with Crippen molar-refractivity contribution in [2.45, 2.75) is 19.6 Å². The molecule has 0 radical (unpaired) electrons. The third-order valence-corrected chi connectivity index (χ3v) is 6.15. The van der Waals surface area contributed by atoms with E-state index in [2.05, 4.69) is 10.3 Å². The molecule has 0 spiro atoms. The van der Waals surface area contributed by atoms with E-state index in [-0.39, 0.29) is 24.7 Å². The van der Waals surface area contributed by atoms with Crippen molar-refractivity contribution >= 4 is 24.1 Å². The molecule has 0 aliphatic rings. The molecule has 0 saturated carbocycles. The molecule has 2 N–H and O–H groups in total. The number of aromatic hydroxyl groups is 1. The lowest BCUT2D eigenvalue weighted by Crippen LogP contribution is -2.15. The summed E-state index contributed by atoms with van der Waals surface area (Å²) in [5.41, 5.74) is 0.602. The summed E-state index contributed by atoms with van der Waals surface area (Å²) in [5, 5.41) is 15.3. The third-order valence-electron chi connectivity index (χ3n) is 3.15. The van der Waals surface area contributed by atoms with Gasteiger partial charge in [0, 0.05) is 11.6 Å². The minimum Gasteiger partial charge on any atom is -0.504 e. The Labute approximate surface area is 145 Å². The molecule has 0 saturated heterocycles. The van der Waals surface area contributed by atoms with Gasteiger partial charge in [-0.25, -0.2) is 4.98 Å². The summed E-state index contributed by atoms with van der Waals surface area (Å²) in [7, 11) is -2.07. The van der Waals surface area contributed by atoms with Crippen molar-refractivity contribution in [2.75, 3.05) is 25.6 Å². The predicted octanol–water partition coefficient (Wildman–Crippen LogP) is 4.23. The summed E-state index contributed by atoms with van der Waals surface area (Å²) >= 11 is 1.38. The fourth-order valence-electron chi connectivity index (χ4n) is 2.17. The number of benzene rings is 1. The first-order chi connectivity index (χ1) is 11.5. The smallest absolute Gasteiger partial charge is 0.357 e. The second kappa shape index (κ2) is 8.48. The highest BCUT2D eigenvalue weighted by Gasteiger charge is 2.38. The topological polar surface area (TPSA) is 89.9 Å². The number of nitrogens with zero attached hydrogens (tertiary/aromatic N) is 1. The fraction of sp³-hybridized carbons (Fsp3) is 0.400. The number of hydrogen-bond acceptors (Lipinski definition) is 8. The molecular formula is C15H21N2O5PS. The van der Waals surface area contributed by atoms with Crippen LogP contribution in [-0.4, -0.2) is 30.4 Å². The molecule has 2 rings (SSSR count). The quantitative estimate of drug-likeness (QED) is 0.637. The van der Waals surface area contributed by atoms with E-state index >= 15 is 0 Å². The summed E-state index contributed by atoms with van der Waals surface area (Å²) in [6, 6.07) is 4.73. The van der Waals surface area contributed by atoms with Crippen LogP contribution in [0.3, 0.4) is 0 Å². The Kier molecular flexibility index (Phi) is 6.62. The lowest BCUT2D eigenvalue weighted by Gasteiger charge is -2.27. The number of ether oxygens (including phenoxy) is 1. The van der Waals surface area contributed by atoms with Gasteiger partial charge in [-0.1, -0.05) is 6.07 Å². The molecule has 1 aromatic carbocycles. The van der Waals surface area contributed by atoms with Crippen molar-refractivity contribution in [1.82, 2.24) is 4.98 Å². The Hall–Kier alpha value is -1.60. The van der Waals surface area contributed by atoms with Gasteiger partial charge in [0.1, 0.15) is 0 Å². The van der Waals surface area contributed by atoms with E-state index < -0.39 is 13.4 Å². The Morgan fingerprint density at radius 3 is 2.58 bits per heavy atom. The molecule has 0 aliphatic carbocycles. The highest BCUT2D eigenvalue weighted by molar-refractivity contribution is 7.54. The van der Waals surface area contributed by atoms with Crippen LogP contribution in [0, 0.1) is 0 Å². The van der Waals surface area contributed by atoms with E-state index in [0.717, 1.165) is 0 Å². The van der Waals surface area contributed by atoms with E-state index in [9.17, 15) is 9.67 Å². The van der Waals surface area contributed by atoms with Crippen LogP contribution in [0.5, 0.6) is 11.5 Å². The maximum atomic E-state index is 13.3. The normalized spacial score (nSPS) is 12.8. The largest absolute Gasteiger partial charge is 0.504 e. The van der Waals surface area contributed by atoms with Gasteiger partial charge in [-0.3, -0.25) is 4.57 Å². The first kappa shape index (κ1) is 18.7. The lowest BCUT2D eigenvalue weighted by molar-refractivity contribution is 0.214. The summed E-state index contributed by atoms with van der Waals surface area (Å²) in [4.78, 5) is 4.17. The van der Waals surface area contributed by atoms with Crippen LogP contribution < -0.4 is 10.1 Å². The Morgan fingerprint density at radius 2 is 2.04 bits per heavy atom. The summed E-state index contributed by atoms with van der Waals surface area (Å²) in [6.45, 7) is 3.98. The molecule has 132 valence electrons. The van der Waals surface area contributed by atoms with E-state index in [1.165, 1.54) is 24.5 Å². The van der Waals surface area contributed by atoms with Crippen LogP contribution in [0.4, 0.5) is 5.13 Å². The average Bonchev–Trinajstić information content (AvgIpc) is 3.07. The number of rotatable bonds is 9. The zero-order valence-corrected chi connectivity index (χ0v) is 15.5. The van der Waals surface area contributed by atoms with Crippen molar-refractivity contribution in [3.8, 4) is 11.5 Å². The first-order valence-corrected chi connectivity index (χ1v) is 9.95. The summed E-state index contributed by atoms with van der Waals surface area (Å²) in [6.07, 6.45) is 1.65. The molecule has 1 atom stereocenters. The van der Waals surface area contributed by atoms with Crippen LogP contribution in [-0.2, 0) is 13.6 Å². The number of aromatic nitrogens is 1. The molecule has 1 unspecified atom stereocenters. The zero-order valence-electron chi connectivity index (χ0n) is 13.8. The number of methoxy groups -OCH3 is 1. The molecule has 2 aromatic rings. The summed E-state index contributed by atoms with van der Waals surface area (Å²) < 4.78 is 29.4. The van der Waals surface area contributed by atoms with Gasteiger partial charge < -0.3 is 24.2 Å². The van der Waals surface area contributed by atoms with E-state index in [4.69, 9.17) is 13.8 Å². The Morgan fingerprint density at radius 1 is 1.33 bits per heavy atom. The molecule has 24 heavy (non-hydrogen) atoms. The van der Waals surface area contributed by atoms with Gasteiger partial charge in [0.15, 0.2) is 22.4 Å². The van der Waals surface area contributed by atoms with Crippen molar-refractivity contribution < 1.29 is 23.5 Å². The third kappa shape index (κ3) is 4.27. The first-order valence-electron chi connectivity index (χ1n) is 7.45. The average molecular weight is 372 g/mol. The highest BCUT2D eigenvalue weighted by atomic mass is 32.1. The molecule has 0 amide bonds. The van der Waals surface area contributed by atoms with Gasteiger partial charge >= 0.3 is 7.60 Å². The number of hydrogen-bond donors (Lipinski definition) is 2. The van der Waals surface area contributed by atoms with Gasteiger partial charge in [-0.05, 0) is 31.5 Å². The molecule has 0 fully saturated rings. The number of thiazole rings is 1. The van der Waals surface area contributed by atoms with Gasteiger partial charge in [0.05, 0.1) is 20.3 Å². The van der Waals surface area contributed by atoms with Crippen LogP contribution in [0.25, 0.3) is 0 Å². The number of anilines is 1. The van der Waals surface area contributed by atoms with E-state index in [0.29, 0.717) is 10.7 Å². The van der Waals surface area contributed by atoms with Gasteiger partial charge in [0.25, 0.3) is 0 Å². The van der Waals surface area contributed by atoms with Crippen LogP contribution in [0.15, 0.2) is 29.8 Å². The minimum absolute atomic E-state index is 0.00287.